The highest BCUT2D eigenvalue weighted by Gasteiger charge is 2.23. The Labute approximate surface area is 107 Å². The summed E-state index contributed by atoms with van der Waals surface area (Å²) in [6.07, 6.45) is 7.28. The van der Waals surface area contributed by atoms with Crippen molar-refractivity contribution in [1.29, 1.82) is 0 Å². The molecule has 1 atom stereocenters. The summed E-state index contributed by atoms with van der Waals surface area (Å²) in [5, 5.41) is 15.3. The van der Waals surface area contributed by atoms with Crippen LogP contribution in [-0.4, -0.2) is 28.8 Å². The van der Waals surface area contributed by atoms with Gasteiger partial charge in [0.25, 0.3) is 0 Å². The molecule has 1 unspecified atom stereocenters. The van der Waals surface area contributed by atoms with E-state index in [1.807, 2.05) is 0 Å². The smallest absolute Gasteiger partial charge is 0.319 e. The van der Waals surface area contributed by atoms with E-state index in [1.165, 1.54) is 12.8 Å². The molecule has 0 saturated heterocycles. The van der Waals surface area contributed by atoms with E-state index in [-0.39, 0.29) is 6.03 Å². The Hall–Kier alpha value is -1.62. The number of nitrogens with zero attached hydrogens (tertiary/aromatic N) is 1. The third-order valence-electron chi connectivity index (χ3n) is 3.34. The largest absolute Gasteiger partial charge is 0.391 e. The van der Waals surface area contributed by atoms with E-state index in [0.717, 1.165) is 12.8 Å². The van der Waals surface area contributed by atoms with E-state index in [4.69, 9.17) is 0 Å². The molecule has 2 rings (SSSR count). The number of rotatable bonds is 4. The van der Waals surface area contributed by atoms with Crippen molar-refractivity contribution in [3.05, 3.63) is 24.5 Å². The normalized spacial score (nSPS) is 17.4. The number of amides is 2. The van der Waals surface area contributed by atoms with Crippen LogP contribution in [-0.2, 0) is 0 Å². The summed E-state index contributed by atoms with van der Waals surface area (Å²) in [4.78, 5) is 15.5. The summed E-state index contributed by atoms with van der Waals surface area (Å²) in [6.45, 7) is 0.302. The molecular formula is C13H19N3O2. The van der Waals surface area contributed by atoms with E-state index < -0.39 is 6.10 Å². The van der Waals surface area contributed by atoms with Crippen molar-refractivity contribution < 1.29 is 9.90 Å². The molecule has 1 aliphatic rings. The minimum atomic E-state index is -0.438. The van der Waals surface area contributed by atoms with Gasteiger partial charge >= 0.3 is 6.03 Å². The van der Waals surface area contributed by atoms with Gasteiger partial charge in [0.2, 0.25) is 0 Å². The third kappa shape index (κ3) is 3.70. The molecule has 98 valence electrons. The SMILES string of the molecule is O=C(NCC(O)C1CCCC1)Nc1cccnc1. The summed E-state index contributed by atoms with van der Waals surface area (Å²) in [5.74, 6) is 0.337. The van der Waals surface area contributed by atoms with Crippen LogP contribution in [0.3, 0.4) is 0 Å². The summed E-state index contributed by atoms with van der Waals surface area (Å²) < 4.78 is 0. The lowest BCUT2D eigenvalue weighted by atomic mass is 10.0. The number of anilines is 1. The lowest BCUT2D eigenvalue weighted by Gasteiger charge is -2.18. The topological polar surface area (TPSA) is 74.2 Å². The van der Waals surface area contributed by atoms with E-state index in [2.05, 4.69) is 15.6 Å². The van der Waals surface area contributed by atoms with E-state index in [0.29, 0.717) is 18.2 Å². The van der Waals surface area contributed by atoms with Crippen molar-refractivity contribution in [2.45, 2.75) is 31.8 Å². The molecule has 0 aromatic carbocycles. The first kappa shape index (κ1) is 12.8. The van der Waals surface area contributed by atoms with Gasteiger partial charge in [0.1, 0.15) is 0 Å². The molecule has 1 heterocycles. The molecular weight excluding hydrogens is 230 g/mol. The molecule has 2 amide bonds. The summed E-state index contributed by atoms with van der Waals surface area (Å²) in [5.41, 5.74) is 0.644. The highest BCUT2D eigenvalue weighted by molar-refractivity contribution is 5.88. The molecule has 0 spiro atoms. The monoisotopic (exact) mass is 249 g/mol. The minimum Gasteiger partial charge on any atom is -0.391 e. The van der Waals surface area contributed by atoms with Gasteiger partial charge in [0.05, 0.1) is 18.0 Å². The predicted molar refractivity (Wildman–Crippen MR) is 69.2 cm³/mol. The number of pyridine rings is 1. The fourth-order valence-electron chi connectivity index (χ4n) is 2.32. The van der Waals surface area contributed by atoms with Crippen molar-refractivity contribution in [3.8, 4) is 0 Å². The zero-order chi connectivity index (χ0) is 12.8. The summed E-state index contributed by atoms with van der Waals surface area (Å²) in [6, 6.07) is 3.21. The molecule has 18 heavy (non-hydrogen) atoms. The van der Waals surface area contributed by atoms with Gasteiger partial charge in [0.15, 0.2) is 0 Å². The second kappa shape index (κ2) is 6.35. The maximum Gasteiger partial charge on any atom is 0.319 e. The zero-order valence-electron chi connectivity index (χ0n) is 10.3. The van der Waals surface area contributed by atoms with Gasteiger partial charge in [-0.05, 0) is 30.9 Å². The lowest BCUT2D eigenvalue weighted by molar-refractivity contribution is 0.111. The maximum atomic E-state index is 11.6. The average molecular weight is 249 g/mol. The molecule has 1 aliphatic carbocycles. The number of aliphatic hydroxyl groups is 1. The number of carbonyl (C=O) groups is 1. The molecule has 1 fully saturated rings. The van der Waals surface area contributed by atoms with Gasteiger partial charge in [-0.3, -0.25) is 4.98 Å². The van der Waals surface area contributed by atoms with Crippen LogP contribution in [0.25, 0.3) is 0 Å². The summed E-state index contributed by atoms with van der Waals surface area (Å²) >= 11 is 0. The highest BCUT2D eigenvalue weighted by atomic mass is 16.3. The Morgan fingerprint density at radius 2 is 2.28 bits per heavy atom. The van der Waals surface area contributed by atoms with Crippen LogP contribution in [0.2, 0.25) is 0 Å². The number of aliphatic hydroxyl groups excluding tert-OH is 1. The molecule has 3 N–H and O–H groups in total. The first-order valence-electron chi connectivity index (χ1n) is 6.38. The van der Waals surface area contributed by atoms with Crippen LogP contribution in [0.15, 0.2) is 24.5 Å². The second-order valence-corrected chi connectivity index (χ2v) is 4.69. The van der Waals surface area contributed by atoms with Gasteiger partial charge in [-0.1, -0.05) is 12.8 Å². The minimum absolute atomic E-state index is 0.302. The van der Waals surface area contributed by atoms with E-state index >= 15 is 0 Å². The zero-order valence-corrected chi connectivity index (χ0v) is 10.3. The Balaban J connectivity index is 1.71. The fourth-order valence-corrected chi connectivity index (χ4v) is 2.32. The summed E-state index contributed by atoms with van der Waals surface area (Å²) in [7, 11) is 0. The Kier molecular flexibility index (Phi) is 4.52. The van der Waals surface area contributed by atoms with Crippen LogP contribution in [0, 0.1) is 5.92 Å². The molecule has 0 aliphatic heterocycles. The number of nitrogens with one attached hydrogen (secondary N) is 2. The Morgan fingerprint density at radius 1 is 1.50 bits per heavy atom. The molecule has 1 saturated carbocycles. The van der Waals surface area contributed by atoms with Crippen molar-refractivity contribution >= 4 is 11.7 Å². The number of urea groups is 1. The first-order valence-corrected chi connectivity index (χ1v) is 6.38. The number of carbonyl (C=O) groups excluding carboxylic acids is 1. The van der Waals surface area contributed by atoms with Gasteiger partial charge in [-0.2, -0.15) is 0 Å². The number of hydrogen-bond donors (Lipinski definition) is 3. The predicted octanol–water partition coefficient (Wildman–Crippen LogP) is 1.75. The second-order valence-electron chi connectivity index (χ2n) is 4.69. The van der Waals surface area contributed by atoms with Crippen molar-refractivity contribution in [3.63, 3.8) is 0 Å². The van der Waals surface area contributed by atoms with E-state index in [9.17, 15) is 9.90 Å². The van der Waals surface area contributed by atoms with Gasteiger partial charge in [-0.15, -0.1) is 0 Å². The molecule has 5 nitrogen and oxygen atoms in total. The molecule has 0 radical (unpaired) electrons. The van der Waals surface area contributed by atoms with Crippen molar-refractivity contribution in [2.24, 2.45) is 5.92 Å². The Bertz CT molecular complexity index is 377. The van der Waals surface area contributed by atoms with E-state index in [1.54, 1.807) is 24.5 Å². The molecule has 0 bridgehead atoms. The Morgan fingerprint density at radius 3 is 2.94 bits per heavy atom. The molecule has 1 aromatic rings. The van der Waals surface area contributed by atoms with Crippen LogP contribution < -0.4 is 10.6 Å². The van der Waals surface area contributed by atoms with Crippen molar-refractivity contribution in [1.82, 2.24) is 10.3 Å². The van der Waals surface area contributed by atoms with Gasteiger partial charge in [-0.25, -0.2) is 4.79 Å². The highest BCUT2D eigenvalue weighted by Crippen LogP contribution is 2.27. The van der Waals surface area contributed by atoms with Crippen LogP contribution >= 0.6 is 0 Å². The van der Waals surface area contributed by atoms with Crippen LogP contribution in [0.1, 0.15) is 25.7 Å². The first-order chi connectivity index (χ1) is 8.75. The van der Waals surface area contributed by atoms with Gasteiger partial charge < -0.3 is 15.7 Å². The van der Waals surface area contributed by atoms with Crippen LogP contribution in [0.5, 0.6) is 0 Å². The van der Waals surface area contributed by atoms with Crippen molar-refractivity contribution in [2.75, 3.05) is 11.9 Å². The molecule has 1 aromatic heterocycles. The maximum absolute atomic E-state index is 11.6. The average Bonchev–Trinajstić information content (AvgIpc) is 2.91. The molecule has 5 heteroatoms. The third-order valence-corrected chi connectivity index (χ3v) is 3.34. The standard InChI is InChI=1S/C13H19N3O2/c17-12(10-4-1-2-5-10)9-15-13(18)16-11-6-3-7-14-8-11/h3,6-8,10,12,17H,1-2,4-5,9H2,(H2,15,16,18). The quantitative estimate of drug-likeness (QED) is 0.761. The number of hydrogen-bond acceptors (Lipinski definition) is 3. The lowest BCUT2D eigenvalue weighted by Crippen LogP contribution is -2.37. The van der Waals surface area contributed by atoms with Gasteiger partial charge in [0, 0.05) is 12.7 Å². The number of aromatic nitrogens is 1. The van der Waals surface area contributed by atoms with Crippen LogP contribution in [0.4, 0.5) is 10.5 Å². The fraction of sp³-hybridized carbons (Fsp3) is 0.538.